The molecule has 0 N–H and O–H groups in total. The monoisotopic (exact) mass is 423 g/mol. The van der Waals surface area contributed by atoms with E-state index in [1.165, 1.54) is 0 Å². The molecule has 2 heterocycles. The van der Waals surface area contributed by atoms with Crippen LogP contribution in [0.5, 0.6) is 0 Å². The van der Waals surface area contributed by atoms with E-state index in [1.807, 2.05) is 0 Å². The zero-order valence-corrected chi connectivity index (χ0v) is 14.6. The summed E-state index contributed by atoms with van der Waals surface area (Å²) in [5, 5.41) is 4.50. The van der Waals surface area contributed by atoms with Crippen molar-refractivity contribution in [2.24, 2.45) is 0 Å². The molecule has 1 aromatic heterocycles. The van der Waals surface area contributed by atoms with Gasteiger partial charge in [-0.2, -0.15) is 0 Å². The van der Waals surface area contributed by atoms with Crippen molar-refractivity contribution in [2.45, 2.75) is 3.79 Å². The molecule has 0 atom stereocenters. The summed E-state index contributed by atoms with van der Waals surface area (Å²) in [5.74, 6) is 0.547. The van der Waals surface area contributed by atoms with E-state index < -0.39 is 3.79 Å². The minimum Gasteiger partial charge on any atom is -0.271 e. The van der Waals surface area contributed by atoms with Crippen LogP contribution in [0.25, 0.3) is 0 Å². The van der Waals surface area contributed by atoms with Gasteiger partial charge in [0.1, 0.15) is 4.61 Å². The Hall–Kier alpha value is 0.420. The number of aromatic nitrogens is 1. The van der Waals surface area contributed by atoms with Gasteiger partial charge in [-0.3, -0.25) is 10.0 Å². The van der Waals surface area contributed by atoms with Crippen molar-refractivity contribution in [3.05, 3.63) is 33.0 Å². The average molecular weight is 426 g/mol. The predicted octanol–water partition coefficient (Wildman–Crippen LogP) is 4.95. The van der Waals surface area contributed by atoms with Crippen LogP contribution < -0.4 is 5.01 Å². The third kappa shape index (κ3) is 3.74. The predicted molar refractivity (Wildman–Crippen MR) is 85.4 cm³/mol. The topological polar surface area (TPSA) is 19.4 Å². The van der Waals surface area contributed by atoms with Crippen molar-refractivity contribution in [3.8, 4) is 0 Å². The van der Waals surface area contributed by atoms with Crippen molar-refractivity contribution in [1.82, 2.24) is 9.99 Å². The molecular formula is C10H7BrCl5N3. The Labute approximate surface area is 144 Å². The van der Waals surface area contributed by atoms with Gasteiger partial charge in [-0.1, -0.05) is 58.0 Å². The van der Waals surface area contributed by atoms with E-state index >= 15 is 0 Å². The molecule has 0 bridgehead atoms. The Morgan fingerprint density at radius 3 is 2.58 bits per heavy atom. The minimum absolute atomic E-state index is 0.112. The molecule has 0 unspecified atom stereocenters. The quantitative estimate of drug-likeness (QED) is 0.493. The molecule has 9 heteroatoms. The number of anilines is 1. The smallest absolute Gasteiger partial charge is 0.209 e. The largest absolute Gasteiger partial charge is 0.271 e. The molecule has 0 saturated heterocycles. The highest BCUT2D eigenvalue weighted by Crippen LogP contribution is 2.39. The summed E-state index contributed by atoms with van der Waals surface area (Å²) in [7, 11) is 0. The Kier molecular flexibility index (Phi) is 5.02. The van der Waals surface area contributed by atoms with Crippen LogP contribution in [0.15, 0.2) is 28.0 Å². The number of pyridine rings is 1. The molecule has 1 aliphatic heterocycles. The van der Waals surface area contributed by atoms with Crippen LogP contribution in [0.2, 0.25) is 5.02 Å². The highest BCUT2D eigenvalue weighted by Gasteiger charge is 2.35. The average Bonchev–Trinajstić information content (AvgIpc) is 2.56. The maximum absolute atomic E-state index is 6.13. The van der Waals surface area contributed by atoms with Gasteiger partial charge in [0.15, 0.2) is 5.82 Å². The number of rotatable bonds is 2. The Bertz CT molecular complexity index is 516. The number of nitrogens with zero attached hydrogens (tertiary/aromatic N) is 3. The first-order chi connectivity index (χ1) is 8.79. The van der Waals surface area contributed by atoms with E-state index in [4.69, 9.17) is 58.0 Å². The molecule has 1 aliphatic rings. The fraction of sp³-hybridized carbons (Fsp3) is 0.300. The summed E-state index contributed by atoms with van der Waals surface area (Å²) < 4.78 is -0.831. The number of hydrogen-bond acceptors (Lipinski definition) is 3. The summed E-state index contributed by atoms with van der Waals surface area (Å²) in [5.41, 5.74) is 0. The lowest BCUT2D eigenvalue weighted by molar-refractivity contribution is 0.373. The summed E-state index contributed by atoms with van der Waals surface area (Å²) in [6, 6.07) is 3.48. The van der Waals surface area contributed by atoms with E-state index in [-0.39, 0.29) is 6.54 Å². The van der Waals surface area contributed by atoms with Gasteiger partial charge in [0, 0.05) is 6.20 Å². The molecular weight excluding hydrogens is 419 g/mol. The number of hydrogen-bond donors (Lipinski definition) is 0. The molecule has 104 valence electrons. The molecule has 1 aromatic rings. The second-order valence-corrected chi connectivity index (χ2v) is 7.87. The third-order valence-electron chi connectivity index (χ3n) is 2.34. The molecule has 0 aliphatic carbocycles. The Morgan fingerprint density at radius 2 is 2.00 bits per heavy atom. The zero-order valence-electron chi connectivity index (χ0n) is 9.26. The third-order valence-corrected chi connectivity index (χ3v) is 4.41. The fourth-order valence-electron chi connectivity index (χ4n) is 1.61. The first-order valence-corrected chi connectivity index (χ1v) is 7.74. The zero-order chi connectivity index (χ0) is 14.2. The lowest BCUT2D eigenvalue weighted by atomic mass is 10.4. The van der Waals surface area contributed by atoms with Crippen molar-refractivity contribution >= 4 is 79.8 Å². The van der Waals surface area contributed by atoms with E-state index in [9.17, 15) is 0 Å². The van der Waals surface area contributed by atoms with Gasteiger partial charge >= 0.3 is 0 Å². The van der Waals surface area contributed by atoms with Crippen LogP contribution in [-0.2, 0) is 0 Å². The van der Waals surface area contributed by atoms with Crippen LogP contribution in [-0.4, -0.2) is 26.9 Å². The van der Waals surface area contributed by atoms with Gasteiger partial charge in [-0.25, -0.2) is 4.98 Å². The highest BCUT2D eigenvalue weighted by molar-refractivity contribution is 9.11. The normalized spacial score (nSPS) is 16.5. The fourth-order valence-corrected chi connectivity index (χ4v) is 2.82. The van der Waals surface area contributed by atoms with Crippen molar-refractivity contribution in [3.63, 3.8) is 0 Å². The van der Waals surface area contributed by atoms with E-state index in [0.717, 1.165) is 0 Å². The lowest BCUT2D eigenvalue weighted by Crippen LogP contribution is -2.42. The van der Waals surface area contributed by atoms with Crippen LogP contribution >= 0.6 is 73.9 Å². The van der Waals surface area contributed by atoms with Crippen LogP contribution in [0.3, 0.4) is 0 Å². The van der Waals surface area contributed by atoms with Crippen molar-refractivity contribution in [1.29, 1.82) is 0 Å². The first-order valence-electron chi connectivity index (χ1n) is 5.06. The van der Waals surface area contributed by atoms with E-state index in [0.29, 0.717) is 27.0 Å². The molecule has 0 aromatic carbocycles. The van der Waals surface area contributed by atoms with Gasteiger partial charge < -0.3 is 0 Å². The molecule has 0 saturated carbocycles. The summed E-state index contributed by atoms with van der Waals surface area (Å²) >= 11 is 33.2. The van der Waals surface area contributed by atoms with Gasteiger partial charge in [0.25, 0.3) is 0 Å². The van der Waals surface area contributed by atoms with Crippen LogP contribution in [0.4, 0.5) is 5.82 Å². The minimum atomic E-state index is -1.46. The number of alkyl halides is 3. The van der Waals surface area contributed by atoms with Crippen molar-refractivity contribution in [2.75, 3.05) is 18.1 Å². The van der Waals surface area contributed by atoms with Gasteiger partial charge in [0.2, 0.25) is 3.79 Å². The number of hydrazine groups is 1. The lowest BCUT2D eigenvalue weighted by Gasteiger charge is -2.33. The van der Waals surface area contributed by atoms with Crippen LogP contribution in [0.1, 0.15) is 0 Å². The summed E-state index contributed by atoms with van der Waals surface area (Å²) in [4.78, 5) is 4.23. The molecule has 0 spiro atoms. The second kappa shape index (κ2) is 6.04. The Balaban J connectivity index is 2.34. The summed E-state index contributed by atoms with van der Waals surface area (Å²) in [6.45, 7) is 0.515. The maximum atomic E-state index is 6.13. The van der Waals surface area contributed by atoms with E-state index in [1.54, 1.807) is 28.3 Å². The van der Waals surface area contributed by atoms with E-state index in [2.05, 4.69) is 20.9 Å². The Morgan fingerprint density at radius 1 is 1.32 bits per heavy atom. The second-order valence-electron chi connectivity index (χ2n) is 3.74. The summed E-state index contributed by atoms with van der Waals surface area (Å²) in [6.07, 6.45) is 1.63. The SMILES string of the molecule is ClC1=C(Br)N(CC(Cl)(Cl)Cl)N(c2ncccc2Cl)C1. The standard InChI is InChI=1S/C10H7BrCl5N3/c11-8-7(13)4-18(19(8)5-10(14,15)16)9-6(12)2-1-3-17-9/h1-3H,4-5H2. The number of halogens is 6. The van der Waals surface area contributed by atoms with Gasteiger partial charge in [0.05, 0.1) is 23.1 Å². The molecule has 0 amide bonds. The first kappa shape index (κ1) is 15.8. The molecule has 19 heavy (non-hydrogen) atoms. The highest BCUT2D eigenvalue weighted by atomic mass is 79.9. The van der Waals surface area contributed by atoms with Gasteiger partial charge in [-0.05, 0) is 28.1 Å². The van der Waals surface area contributed by atoms with Gasteiger partial charge in [-0.15, -0.1) is 0 Å². The molecule has 3 nitrogen and oxygen atoms in total. The molecule has 2 rings (SSSR count). The van der Waals surface area contributed by atoms with Crippen molar-refractivity contribution < 1.29 is 0 Å². The van der Waals surface area contributed by atoms with Crippen LogP contribution in [0, 0.1) is 0 Å². The maximum Gasteiger partial charge on any atom is 0.209 e. The molecule has 0 radical (unpaired) electrons. The molecule has 0 fully saturated rings.